The molecule has 4 fully saturated rings. The Morgan fingerprint density at radius 1 is 0.764 bits per heavy atom. The second-order valence-corrected chi connectivity index (χ2v) is 17.9. The lowest BCUT2D eigenvalue weighted by atomic mass is 9.45. The Labute approximate surface area is 344 Å². The number of aldehydes is 1. The maximum Gasteiger partial charge on any atom is 0.347 e. The van der Waals surface area contributed by atoms with Crippen LogP contribution >= 0.6 is 23.2 Å². The fourth-order valence-electron chi connectivity index (χ4n) is 10.0. The molecule has 0 spiro atoms. The van der Waals surface area contributed by atoms with Crippen LogP contribution in [0.3, 0.4) is 0 Å². The quantitative estimate of drug-likeness (QED) is 0.190. The van der Waals surface area contributed by atoms with Crippen LogP contribution in [0, 0.1) is 40.4 Å². The summed E-state index contributed by atoms with van der Waals surface area (Å²) in [6.45, 7) is 20.7. The number of methoxy groups -OCH3 is 1. The van der Waals surface area contributed by atoms with Crippen molar-refractivity contribution in [2.75, 3.05) is 13.7 Å². The molecule has 7 atom stereocenters. The van der Waals surface area contributed by atoms with Crippen LogP contribution in [-0.2, 0) is 14.3 Å². The van der Waals surface area contributed by atoms with Gasteiger partial charge in [0.15, 0.2) is 17.5 Å². The highest BCUT2D eigenvalue weighted by Crippen LogP contribution is 2.67. The van der Waals surface area contributed by atoms with E-state index in [2.05, 4.69) is 13.8 Å². The molecule has 0 heterocycles. The van der Waals surface area contributed by atoms with Crippen LogP contribution in [-0.4, -0.2) is 42.3 Å². The van der Waals surface area contributed by atoms with E-state index in [-0.39, 0.29) is 0 Å². The fraction of sp³-hybridized carbons (Fsp3) is 0.702. The summed E-state index contributed by atoms with van der Waals surface area (Å²) in [7, 11) is 1.85. The van der Waals surface area contributed by atoms with Gasteiger partial charge in [-0.2, -0.15) is 0 Å². The lowest BCUT2D eigenvalue weighted by Crippen LogP contribution is -2.52. The van der Waals surface area contributed by atoms with Gasteiger partial charge < -0.3 is 19.3 Å². The lowest BCUT2D eigenvalue weighted by molar-refractivity contribution is -0.152. The standard InChI is InChI=1S/C23H40O.C10H11ClO3.C10H11ClO2.2C2H6/c1-22-14-5-4-7-17(22)9-11-19-20-12-10-18(8-6-16-24-3)23(20,2)15-13-21(19)22;1-10(2,9(12)13)14-8-5-3-7(11)4-6-8;1-10(2,7-12)13-9-5-3-8(11)4-6-9;2*1-2/h17-21H,4-16H2,1-3H3;3-6H,1-2H3,(H,12,13);3-7H,1-2H3;2*1-2H3. The molecule has 6 nitrogen and oxygen atoms in total. The monoisotopic (exact) mass is 804 g/mol. The average molecular weight is 806 g/mol. The first-order chi connectivity index (χ1) is 26.0. The number of carbonyl (C=O) groups excluding carboxylic acids is 1. The molecule has 2 aromatic rings. The molecule has 4 aliphatic rings. The SMILES string of the molecule is CC.CC.CC(C)(C=O)Oc1ccc(Cl)cc1.CC(C)(Oc1ccc(Cl)cc1)C(=O)O.COCCCC1CCC2C3CCC4CCCCC4(C)C3CCC12C. The van der Waals surface area contributed by atoms with Gasteiger partial charge >= 0.3 is 5.97 Å². The first-order valence-corrected chi connectivity index (χ1v) is 21.9. The van der Waals surface area contributed by atoms with Gasteiger partial charge in [-0.1, -0.05) is 77.6 Å². The van der Waals surface area contributed by atoms with Crippen molar-refractivity contribution < 1.29 is 28.9 Å². The molecule has 0 radical (unpaired) electrons. The molecule has 2 aromatic carbocycles. The number of halogens is 2. The predicted octanol–water partition coefficient (Wildman–Crippen LogP) is 13.8. The highest BCUT2D eigenvalue weighted by Gasteiger charge is 2.59. The van der Waals surface area contributed by atoms with Crippen molar-refractivity contribution in [3.63, 3.8) is 0 Å². The van der Waals surface area contributed by atoms with Crippen LogP contribution in [0.1, 0.15) is 146 Å². The molecular formula is C47H74Cl2O6. The van der Waals surface area contributed by atoms with Gasteiger partial charge in [0.2, 0.25) is 0 Å². The Hall–Kier alpha value is -2.28. The number of hydrogen-bond donors (Lipinski definition) is 1. The number of hydrogen-bond acceptors (Lipinski definition) is 5. The van der Waals surface area contributed by atoms with E-state index in [0.29, 0.717) is 32.4 Å². The Morgan fingerprint density at radius 3 is 1.84 bits per heavy atom. The summed E-state index contributed by atoms with van der Waals surface area (Å²) in [6.07, 6.45) is 18.8. The summed E-state index contributed by atoms with van der Waals surface area (Å²) in [4.78, 5) is 21.3. The number of ether oxygens (including phenoxy) is 3. The van der Waals surface area contributed by atoms with Gasteiger partial charge in [0.05, 0.1) is 0 Å². The molecular weight excluding hydrogens is 731 g/mol. The van der Waals surface area contributed by atoms with E-state index >= 15 is 0 Å². The smallest absolute Gasteiger partial charge is 0.347 e. The summed E-state index contributed by atoms with van der Waals surface area (Å²) in [5.41, 5.74) is -0.648. The summed E-state index contributed by atoms with van der Waals surface area (Å²) >= 11 is 11.4. The van der Waals surface area contributed by atoms with Crippen LogP contribution < -0.4 is 9.47 Å². The number of carboxylic acids is 1. The number of aliphatic carboxylic acids is 1. The van der Waals surface area contributed by atoms with Crippen LogP contribution in [0.25, 0.3) is 0 Å². The van der Waals surface area contributed by atoms with Gasteiger partial charge in [0.25, 0.3) is 0 Å². The van der Waals surface area contributed by atoms with Gasteiger partial charge in [0.1, 0.15) is 11.5 Å². The van der Waals surface area contributed by atoms with E-state index in [1.807, 2.05) is 34.8 Å². The van der Waals surface area contributed by atoms with Gasteiger partial charge in [0, 0.05) is 23.8 Å². The van der Waals surface area contributed by atoms with E-state index in [9.17, 15) is 9.59 Å². The zero-order chi connectivity index (χ0) is 41.5. The van der Waals surface area contributed by atoms with Gasteiger partial charge in [-0.15, -0.1) is 0 Å². The normalized spacial score (nSPS) is 27.8. The zero-order valence-corrected chi connectivity index (χ0v) is 37.5. The van der Waals surface area contributed by atoms with E-state index in [1.165, 1.54) is 58.8 Å². The lowest BCUT2D eigenvalue weighted by Gasteiger charge is -2.60. The Kier molecular flexibility index (Phi) is 20.1. The van der Waals surface area contributed by atoms with E-state index in [0.717, 1.165) is 42.5 Å². The van der Waals surface area contributed by atoms with E-state index < -0.39 is 17.2 Å². The molecule has 1 N–H and O–H groups in total. The minimum Gasteiger partial charge on any atom is -0.480 e. The molecule has 0 aromatic heterocycles. The molecule has 0 aliphatic heterocycles. The molecule has 6 rings (SSSR count). The highest BCUT2D eigenvalue weighted by molar-refractivity contribution is 6.30. The molecule has 8 heteroatoms. The summed E-state index contributed by atoms with van der Waals surface area (Å²) in [5.74, 6) is 5.34. The summed E-state index contributed by atoms with van der Waals surface area (Å²) < 4.78 is 16.0. The maximum atomic E-state index is 10.7. The Morgan fingerprint density at radius 2 is 1.31 bits per heavy atom. The van der Waals surface area contributed by atoms with Gasteiger partial charge in [-0.3, -0.25) is 4.79 Å². The van der Waals surface area contributed by atoms with Crippen molar-refractivity contribution >= 4 is 35.5 Å². The first-order valence-electron chi connectivity index (χ1n) is 21.1. The van der Waals surface area contributed by atoms with Crippen molar-refractivity contribution in [1.29, 1.82) is 0 Å². The van der Waals surface area contributed by atoms with E-state index in [1.54, 1.807) is 94.5 Å². The minimum atomic E-state index is -1.23. The minimum absolute atomic E-state index is 0.488. The molecule has 4 aliphatic carbocycles. The zero-order valence-electron chi connectivity index (χ0n) is 36.0. The number of benzene rings is 2. The molecule has 4 saturated carbocycles. The largest absolute Gasteiger partial charge is 0.480 e. The first kappa shape index (κ1) is 48.9. The Balaban J connectivity index is 0.000000291. The third-order valence-electron chi connectivity index (χ3n) is 12.9. The number of rotatable bonds is 10. The summed E-state index contributed by atoms with van der Waals surface area (Å²) in [5, 5.41) is 10.0. The van der Waals surface area contributed by atoms with Crippen LogP contribution in [0.15, 0.2) is 48.5 Å². The molecule has 312 valence electrons. The topological polar surface area (TPSA) is 82.1 Å². The van der Waals surface area contributed by atoms with Crippen LogP contribution in [0.2, 0.25) is 10.0 Å². The molecule has 0 bridgehead atoms. The van der Waals surface area contributed by atoms with Crippen LogP contribution in [0.4, 0.5) is 0 Å². The third kappa shape index (κ3) is 13.4. The number of fused-ring (bicyclic) bond motifs is 5. The van der Waals surface area contributed by atoms with Gasteiger partial charge in [-0.05, 0) is 181 Å². The molecule has 0 amide bonds. The fourth-order valence-corrected chi connectivity index (χ4v) is 10.3. The molecule has 7 unspecified atom stereocenters. The van der Waals surface area contributed by atoms with E-state index in [4.69, 9.17) is 42.5 Å². The molecule has 55 heavy (non-hydrogen) atoms. The predicted molar refractivity (Wildman–Crippen MR) is 230 cm³/mol. The average Bonchev–Trinajstić information content (AvgIpc) is 3.51. The van der Waals surface area contributed by atoms with Gasteiger partial charge in [-0.25, -0.2) is 4.79 Å². The number of carbonyl (C=O) groups is 2. The van der Waals surface area contributed by atoms with Crippen molar-refractivity contribution in [3.8, 4) is 11.5 Å². The van der Waals surface area contributed by atoms with Crippen molar-refractivity contribution in [2.45, 2.75) is 157 Å². The van der Waals surface area contributed by atoms with Crippen molar-refractivity contribution in [3.05, 3.63) is 58.6 Å². The van der Waals surface area contributed by atoms with Crippen molar-refractivity contribution in [2.24, 2.45) is 40.4 Å². The second kappa shape index (κ2) is 22.6. The summed E-state index contributed by atoms with van der Waals surface area (Å²) in [6, 6.07) is 13.5. The van der Waals surface area contributed by atoms with Crippen molar-refractivity contribution in [1.82, 2.24) is 0 Å². The molecule has 0 saturated heterocycles. The van der Waals surface area contributed by atoms with Crippen LogP contribution in [0.5, 0.6) is 11.5 Å². The third-order valence-corrected chi connectivity index (χ3v) is 13.4. The highest BCUT2D eigenvalue weighted by atomic mass is 35.5. The second-order valence-electron chi connectivity index (χ2n) is 17.0. The maximum absolute atomic E-state index is 10.7. The number of carboxylic acid groups (broad SMARTS) is 1. The Bertz CT molecular complexity index is 1410.